The zero-order chi connectivity index (χ0) is 14.1. The van der Waals surface area contributed by atoms with Crippen LogP contribution in [0.2, 0.25) is 0 Å². The summed E-state index contributed by atoms with van der Waals surface area (Å²) in [5.41, 5.74) is 1.21. The van der Waals surface area contributed by atoms with Crippen molar-refractivity contribution in [3.05, 3.63) is 24.3 Å². The molecule has 1 aromatic rings. The minimum absolute atomic E-state index is 0.312. The van der Waals surface area contributed by atoms with Crippen LogP contribution in [0.3, 0.4) is 0 Å². The van der Waals surface area contributed by atoms with Crippen molar-refractivity contribution < 1.29 is 9.53 Å². The van der Waals surface area contributed by atoms with Gasteiger partial charge in [0, 0.05) is 5.69 Å². The third-order valence-electron chi connectivity index (χ3n) is 1.95. The van der Waals surface area contributed by atoms with Gasteiger partial charge in [0.05, 0.1) is 12.3 Å². The lowest BCUT2D eigenvalue weighted by molar-refractivity contribution is 0.168. The van der Waals surface area contributed by atoms with E-state index in [2.05, 4.69) is 15.6 Å². The number of amidine groups is 1. The number of thioether (sulfide) groups is 1. The van der Waals surface area contributed by atoms with E-state index in [1.165, 1.54) is 11.8 Å². The minimum atomic E-state index is -0.510. The van der Waals surface area contributed by atoms with Crippen molar-refractivity contribution in [3.8, 4) is 6.19 Å². The Morgan fingerprint density at radius 3 is 3.00 bits per heavy atom. The lowest BCUT2D eigenvalue weighted by atomic mass is 10.3. The molecule has 1 amide bonds. The number of hydrogen-bond acceptors (Lipinski definition) is 5. The van der Waals surface area contributed by atoms with E-state index in [1.54, 1.807) is 31.2 Å². The highest BCUT2D eigenvalue weighted by Gasteiger charge is 2.03. The number of aliphatic imine (C=N–C) groups is 1. The van der Waals surface area contributed by atoms with E-state index in [1.807, 2.05) is 12.4 Å². The summed E-state index contributed by atoms with van der Waals surface area (Å²) < 4.78 is 4.78. The topological polar surface area (TPSA) is 86.5 Å². The van der Waals surface area contributed by atoms with Gasteiger partial charge in [-0.25, -0.2) is 9.79 Å². The molecule has 0 heterocycles. The van der Waals surface area contributed by atoms with Crippen LogP contribution in [0.15, 0.2) is 29.3 Å². The van der Waals surface area contributed by atoms with E-state index in [-0.39, 0.29) is 0 Å². The lowest BCUT2D eigenvalue weighted by Crippen LogP contribution is -2.13. The summed E-state index contributed by atoms with van der Waals surface area (Å²) in [6, 6.07) is 6.94. The van der Waals surface area contributed by atoms with Crippen LogP contribution in [0.5, 0.6) is 0 Å². The van der Waals surface area contributed by atoms with E-state index >= 15 is 0 Å². The molecular formula is C12H14N4O2S. The van der Waals surface area contributed by atoms with Gasteiger partial charge in [0.1, 0.15) is 0 Å². The number of rotatable bonds is 3. The molecule has 1 aromatic carbocycles. The Labute approximate surface area is 115 Å². The van der Waals surface area contributed by atoms with Crippen molar-refractivity contribution in [2.24, 2.45) is 4.99 Å². The van der Waals surface area contributed by atoms with E-state index < -0.39 is 6.09 Å². The first-order chi connectivity index (χ1) is 9.19. The van der Waals surface area contributed by atoms with E-state index in [0.29, 0.717) is 23.1 Å². The van der Waals surface area contributed by atoms with Gasteiger partial charge in [-0.2, -0.15) is 5.26 Å². The third-order valence-corrected chi connectivity index (χ3v) is 2.53. The molecule has 1 rings (SSSR count). The van der Waals surface area contributed by atoms with Gasteiger partial charge >= 0.3 is 6.09 Å². The molecule has 0 saturated carbocycles. The second-order valence-electron chi connectivity index (χ2n) is 3.25. The van der Waals surface area contributed by atoms with Gasteiger partial charge in [-0.3, -0.25) is 10.6 Å². The number of nitrogens with zero attached hydrogens (tertiary/aromatic N) is 2. The molecule has 0 bridgehead atoms. The van der Waals surface area contributed by atoms with Crippen LogP contribution in [0.25, 0.3) is 0 Å². The van der Waals surface area contributed by atoms with Crippen LogP contribution >= 0.6 is 11.8 Å². The summed E-state index contributed by atoms with van der Waals surface area (Å²) in [5, 5.41) is 14.1. The fraction of sp³-hybridized carbons (Fsp3) is 0.250. The van der Waals surface area contributed by atoms with Crippen LogP contribution in [0.1, 0.15) is 6.92 Å². The van der Waals surface area contributed by atoms with Gasteiger partial charge in [-0.05, 0) is 31.4 Å². The highest BCUT2D eigenvalue weighted by Crippen LogP contribution is 2.19. The number of nitrogens with one attached hydrogen (secondary N) is 2. The van der Waals surface area contributed by atoms with Crippen LogP contribution < -0.4 is 10.6 Å². The Morgan fingerprint density at radius 1 is 1.58 bits per heavy atom. The molecule has 0 aromatic heterocycles. The number of amides is 1. The van der Waals surface area contributed by atoms with Crippen LogP contribution in [-0.4, -0.2) is 24.1 Å². The Hall–Kier alpha value is -2.20. The molecule has 0 aliphatic rings. The fourth-order valence-electron chi connectivity index (χ4n) is 1.23. The zero-order valence-corrected chi connectivity index (χ0v) is 11.5. The van der Waals surface area contributed by atoms with Gasteiger partial charge < -0.3 is 4.74 Å². The first-order valence-electron chi connectivity index (χ1n) is 5.51. The molecule has 7 heteroatoms. The SMILES string of the molecule is CCOC(=O)Nc1cccc(N=C(NC#N)SC)c1. The molecule has 0 aliphatic carbocycles. The Balaban J connectivity index is 2.82. The molecule has 0 atom stereocenters. The monoisotopic (exact) mass is 278 g/mol. The molecule has 0 radical (unpaired) electrons. The Bertz CT molecular complexity index is 511. The maximum atomic E-state index is 11.3. The molecule has 0 saturated heterocycles. The molecule has 100 valence electrons. The highest BCUT2D eigenvalue weighted by atomic mass is 32.2. The van der Waals surface area contributed by atoms with Gasteiger partial charge in [0.2, 0.25) is 0 Å². The molecule has 0 fully saturated rings. The first-order valence-corrected chi connectivity index (χ1v) is 6.73. The molecule has 2 N–H and O–H groups in total. The fourth-order valence-corrected chi connectivity index (χ4v) is 1.57. The van der Waals surface area contributed by atoms with Crippen molar-refractivity contribution >= 4 is 34.4 Å². The molecule has 0 aliphatic heterocycles. The number of carbonyl (C=O) groups is 1. The largest absolute Gasteiger partial charge is 0.450 e. The lowest BCUT2D eigenvalue weighted by Gasteiger charge is -2.06. The van der Waals surface area contributed by atoms with Crippen LogP contribution in [-0.2, 0) is 4.74 Å². The quantitative estimate of drug-likeness (QED) is 0.384. The first kappa shape index (κ1) is 14.9. The number of ether oxygens (including phenoxy) is 1. The molecule has 6 nitrogen and oxygen atoms in total. The molecule has 0 unspecified atom stereocenters. The van der Waals surface area contributed by atoms with Crippen molar-refractivity contribution in [1.29, 1.82) is 5.26 Å². The second kappa shape index (κ2) is 8.00. The van der Waals surface area contributed by atoms with Crippen molar-refractivity contribution in [1.82, 2.24) is 5.32 Å². The van der Waals surface area contributed by atoms with Gasteiger partial charge in [-0.1, -0.05) is 17.8 Å². The maximum absolute atomic E-state index is 11.3. The van der Waals surface area contributed by atoms with Gasteiger partial charge in [0.15, 0.2) is 11.4 Å². The van der Waals surface area contributed by atoms with E-state index in [0.717, 1.165) is 0 Å². The second-order valence-corrected chi connectivity index (χ2v) is 4.05. The number of benzene rings is 1. The van der Waals surface area contributed by atoms with Gasteiger partial charge in [-0.15, -0.1) is 0 Å². The molecule has 0 spiro atoms. The van der Waals surface area contributed by atoms with Crippen molar-refractivity contribution in [3.63, 3.8) is 0 Å². The summed E-state index contributed by atoms with van der Waals surface area (Å²) in [7, 11) is 0. The average Bonchev–Trinajstić information content (AvgIpc) is 2.39. The van der Waals surface area contributed by atoms with E-state index in [9.17, 15) is 4.79 Å². The maximum Gasteiger partial charge on any atom is 0.411 e. The summed E-state index contributed by atoms with van der Waals surface area (Å²) in [6.07, 6.45) is 3.11. The summed E-state index contributed by atoms with van der Waals surface area (Å²) in [4.78, 5) is 15.5. The predicted octanol–water partition coefficient (Wildman–Crippen LogP) is 2.68. The number of anilines is 1. The third kappa shape index (κ3) is 5.31. The zero-order valence-electron chi connectivity index (χ0n) is 10.6. The van der Waals surface area contributed by atoms with Gasteiger partial charge in [0.25, 0.3) is 0 Å². The van der Waals surface area contributed by atoms with Crippen LogP contribution in [0, 0.1) is 11.5 Å². The Kier molecular flexibility index (Phi) is 6.26. The molecular weight excluding hydrogens is 264 g/mol. The number of nitriles is 1. The summed E-state index contributed by atoms with van der Waals surface area (Å²) >= 11 is 1.32. The predicted molar refractivity (Wildman–Crippen MR) is 76.4 cm³/mol. The summed E-state index contributed by atoms with van der Waals surface area (Å²) in [6.45, 7) is 2.05. The number of carbonyl (C=O) groups excluding carboxylic acids is 1. The Morgan fingerprint density at radius 2 is 2.37 bits per heavy atom. The summed E-state index contributed by atoms with van der Waals surface area (Å²) in [5.74, 6) is 0. The van der Waals surface area contributed by atoms with Crippen LogP contribution in [0.4, 0.5) is 16.2 Å². The number of hydrogen-bond donors (Lipinski definition) is 2. The normalized spacial score (nSPS) is 10.5. The highest BCUT2D eigenvalue weighted by molar-refractivity contribution is 8.13. The smallest absolute Gasteiger partial charge is 0.411 e. The van der Waals surface area contributed by atoms with E-state index in [4.69, 9.17) is 10.00 Å². The van der Waals surface area contributed by atoms with Crippen molar-refractivity contribution in [2.75, 3.05) is 18.2 Å². The van der Waals surface area contributed by atoms with Crippen molar-refractivity contribution in [2.45, 2.75) is 6.92 Å². The molecule has 19 heavy (non-hydrogen) atoms. The minimum Gasteiger partial charge on any atom is -0.450 e. The average molecular weight is 278 g/mol. The standard InChI is InChI=1S/C12H14N4O2S/c1-3-18-12(17)16-10-6-4-5-9(7-10)15-11(19-2)14-8-13/h4-7H,3H2,1-2H3,(H,14,15)(H,16,17).